The van der Waals surface area contributed by atoms with Crippen molar-refractivity contribution in [2.45, 2.75) is 44.8 Å². The van der Waals surface area contributed by atoms with Crippen LogP contribution >= 0.6 is 27.3 Å². The molecule has 1 aromatic heterocycles. The third kappa shape index (κ3) is 4.89. The third-order valence-electron chi connectivity index (χ3n) is 5.29. The molecule has 1 aromatic carbocycles. The minimum atomic E-state index is -0.598. The molecule has 5 nitrogen and oxygen atoms in total. The summed E-state index contributed by atoms with van der Waals surface area (Å²) in [5.41, 5.74) is 0.350. The van der Waals surface area contributed by atoms with E-state index in [9.17, 15) is 9.90 Å². The highest BCUT2D eigenvalue weighted by molar-refractivity contribution is 9.10. The quantitative estimate of drug-likeness (QED) is 0.656. The number of carbonyl (C=O) groups is 1. The molecule has 2 aromatic rings. The number of halogens is 1. The van der Waals surface area contributed by atoms with E-state index in [1.807, 2.05) is 35.7 Å². The van der Waals surface area contributed by atoms with Crippen LogP contribution in [0.3, 0.4) is 0 Å². The fourth-order valence-corrected chi connectivity index (χ4v) is 5.42. The number of amides is 1. The number of hydrogen-bond donors (Lipinski definition) is 2. The summed E-state index contributed by atoms with van der Waals surface area (Å²) in [7, 11) is 0. The molecule has 1 amide bonds. The minimum absolute atomic E-state index is 0.0897. The average molecular weight is 453 g/mol. The number of aliphatic hydroxyl groups excluding tert-OH is 1. The molecule has 3 atom stereocenters. The standard InChI is InChI=1S/C20H25BrN2O3S/c1-14-7-9-20(16(11-14)8-10-24,18-22-17(21)13-27-18)23-19(25)26-12-15-5-3-2-4-6-15/h2-6,13-14,16,24H,7-12H2,1H3,(H,23,25)/t14-,16-,20+/m1/s1. The lowest BCUT2D eigenvalue weighted by Crippen LogP contribution is -2.54. The second-order valence-electron chi connectivity index (χ2n) is 7.22. The number of nitrogens with zero attached hydrogens (tertiary/aromatic N) is 1. The summed E-state index contributed by atoms with van der Waals surface area (Å²) in [5, 5.41) is 15.6. The predicted octanol–water partition coefficient (Wildman–Crippen LogP) is 4.85. The minimum Gasteiger partial charge on any atom is -0.445 e. The Morgan fingerprint density at radius 1 is 1.44 bits per heavy atom. The average Bonchev–Trinajstić information content (AvgIpc) is 3.10. The highest BCUT2D eigenvalue weighted by Crippen LogP contribution is 2.46. The van der Waals surface area contributed by atoms with Crippen LogP contribution in [0.2, 0.25) is 0 Å². The van der Waals surface area contributed by atoms with Gasteiger partial charge in [-0.15, -0.1) is 11.3 Å². The van der Waals surface area contributed by atoms with Gasteiger partial charge in [-0.05, 0) is 59.0 Å². The topological polar surface area (TPSA) is 71.5 Å². The zero-order chi connectivity index (χ0) is 19.3. The van der Waals surface area contributed by atoms with Crippen LogP contribution in [-0.2, 0) is 16.9 Å². The van der Waals surface area contributed by atoms with Crippen LogP contribution in [0.25, 0.3) is 0 Å². The Labute approximate surface area is 172 Å². The molecule has 1 fully saturated rings. The lowest BCUT2D eigenvalue weighted by atomic mass is 9.68. The van der Waals surface area contributed by atoms with Crippen molar-refractivity contribution in [3.05, 3.63) is 50.9 Å². The monoisotopic (exact) mass is 452 g/mol. The molecule has 7 heteroatoms. The maximum atomic E-state index is 12.7. The molecule has 0 spiro atoms. The molecule has 3 rings (SSSR count). The predicted molar refractivity (Wildman–Crippen MR) is 109 cm³/mol. The van der Waals surface area contributed by atoms with E-state index in [1.54, 1.807) is 0 Å². The summed E-state index contributed by atoms with van der Waals surface area (Å²) in [5.74, 6) is 0.675. The molecule has 0 bridgehead atoms. The van der Waals surface area contributed by atoms with Crippen molar-refractivity contribution in [3.63, 3.8) is 0 Å². The van der Waals surface area contributed by atoms with Gasteiger partial charge in [0, 0.05) is 12.0 Å². The van der Waals surface area contributed by atoms with Crippen molar-refractivity contribution in [2.75, 3.05) is 6.61 Å². The molecular weight excluding hydrogens is 428 g/mol. The summed E-state index contributed by atoms with van der Waals surface area (Å²) in [6, 6.07) is 9.63. The number of nitrogens with one attached hydrogen (secondary N) is 1. The number of aliphatic hydroxyl groups is 1. The molecule has 146 valence electrons. The van der Waals surface area contributed by atoms with Gasteiger partial charge in [0.15, 0.2) is 0 Å². The zero-order valence-electron chi connectivity index (χ0n) is 15.4. The molecule has 0 aliphatic heterocycles. The molecule has 0 radical (unpaired) electrons. The Bertz CT molecular complexity index is 755. The van der Waals surface area contributed by atoms with Gasteiger partial charge in [0.2, 0.25) is 0 Å². The Morgan fingerprint density at radius 3 is 2.89 bits per heavy atom. The van der Waals surface area contributed by atoms with Gasteiger partial charge in [-0.1, -0.05) is 37.3 Å². The van der Waals surface area contributed by atoms with Gasteiger partial charge in [-0.25, -0.2) is 9.78 Å². The molecule has 1 aliphatic rings. The van der Waals surface area contributed by atoms with E-state index < -0.39 is 11.6 Å². The maximum absolute atomic E-state index is 12.7. The molecule has 1 aliphatic carbocycles. The van der Waals surface area contributed by atoms with Gasteiger partial charge in [0.05, 0.1) is 5.54 Å². The van der Waals surface area contributed by atoms with Crippen LogP contribution in [0, 0.1) is 11.8 Å². The van der Waals surface area contributed by atoms with Crippen LogP contribution < -0.4 is 5.32 Å². The summed E-state index contributed by atoms with van der Waals surface area (Å²) in [4.78, 5) is 17.3. The Balaban J connectivity index is 1.80. The second kappa shape index (κ2) is 9.17. The molecule has 27 heavy (non-hydrogen) atoms. The SMILES string of the molecule is C[C@@H]1CC[C@@](NC(=O)OCc2ccccc2)(c2nc(Br)cs2)[C@H](CCO)C1. The molecule has 2 N–H and O–H groups in total. The van der Waals surface area contributed by atoms with Crippen molar-refractivity contribution in [2.24, 2.45) is 11.8 Å². The first-order valence-corrected chi connectivity index (χ1v) is 10.9. The smallest absolute Gasteiger partial charge is 0.408 e. The Hall–Kier alpha value is -1.44. The lowest BCUT2D eigenvalue weighted by molar-refractivity contribution is 0.0666. The zero-order valence-corrected chi connectivity index (χ0v) is 17.8. The Kier molecular flexibility index (Phi) is 6.89. The fourth-order valence-electron chi connectivity index (χ4n) is 3.90. The van der Waals surface area contributed by atoms with E-state index in [4.69, 9.17) is 4.74 Å². The van der Waals surface area contributed by atoms with E-state index in [1.165, 1.54) is 11.3 Å². The van der Waals surface area contributed by atoms with Gasteiger partial charge in [-0.2, -0.15) is 0 Å². The number of alkyl carbamates (subject to hydrolysis) is 1. The van der Waals surface area contributed by atoms with Crippen LogP contribution in [0.1, 0.15) is 43.2 Å². The van der Waals surface area contributed by atoms with Crippen molar-refractivity contribution in [1.82, 2.24) is 10.3 Å². The number of thiazole rings is 1. The van der Waals surface area contributed by atoms with E-state index in [-0.39, 0.29) is 19.1 Å². The fraction of sp³-hybridized carbons (Fsp3) is 0.500. The largest absolute Gasteiger partial charge is 0.445 e. The van der Waals surface area contributed by atoms with Gasteiger partial charge in [0.25, 0.3) is 0 Å². The molecule has 0 saturated heterocycles. The summed E-state index contributed by atoms with van der Waals surface area (Å²) in [6.07, 6.45) is 2.91. The van der Waals surface area contributed by atoms with Crippen molar-refractivity contribution in [1.29, 1.82) is 0 Å². The van der Waals surface area contributed by atoms with Crippen molar-refractivity contribution >= 4 is 33.4 Å². The lowest BCUT2D eigenvalue weighted by Gasteiger charge is -2.45. The van der Waals surface area contributed by atoms with Crippen LogP contribution in [0.15, 0.2) is 40.3 Å². The normalized spacial score (nSPS) is 25.1. The van der Waals surface area contributed by atoms with Crippen LogP contribution in [-0.4, -0.2) is 22.8 Å². The van der Waals surface area contributed by atoms with Crippen LogP contribution in [0.5, 0.6) is 0 Å². The van der Waals surface area contributed by atoms with Crippen LogP contribution in [0.4, 0.5) is 4.79 Å². The van der Waals surface area contributed by atoms with Crippen molar-refractivity contribution in [3.8, 4) is 0 Å². The molecule has 1 heterocycles. The highest BCUT2D eigenvalue weighted by Gasteiger charge is 2.47. The van der Waals surface area contributed by atoms with E-state index in [0.717, 1.165) is 34.4 Å². The van der Waals surface area contributed by atoms with E-state index in [0.29, 0.717) is 12.3 Å². The number of rotatable bonds is 6. The number of aromatic nitrogens is 1. The summed E-state index contributed by atoms with van der Waals surface area (Å²) in [6.45, 7) is 2.54. The number of ether oxygens (including phenoxy) is 1. The molecule has 1 saturated carbocycles. The highest BCUT2D eigenvalue weighted by atomic mass is 79.9. The summed E-state index contributed by atoms with van der Waals surface area (Å²) < 4.78 is 6.26. The summed E-state index contributed by atoms with van der Waals surface area (Å²) >= 11 is 4.96. The Morgan fingerprint density at radius 2 is 2.22 bits per heavy atom. The van der Waals surface area contributed by atoms with Gasteiger partial charge >= 0.3 is 6.09 Å². The number of carbonyl (C=O) groups excluding carboxylic acids is 1. The first kappa shape index (κ1) is 20.3. The van der Waals surface area contributed by atoms with E-state index >= 15 is 0 Å². The third-order valence-corrected chi connectivity index (χ3v) is 7.02. The second-order valence-corrected chi connectivity index (χ2v) is 8.89. The van der Waals surface area contributed by atoms with E-state index in [2.05, 4.69) is 33.2 Å². The first-order chi connectivity index (χ1) is 13.0. The maximum Gasteiger partial charge on any atom is 0.408 e. The number of benzene rings is 1. The van der Waals surface area contributed by atoms with Crippen molar-refractivity contribution < 1.29 is 14.6 Å². The molecular formula is C20H25BrN2O3S. The number of hydrogen-bond acceptors (Lipinski definition) is 5. The molecule has 0 unspecified atom stereocenters. The van der Waals surface area contributed by atoms with Gasteiger partial charge in [0.1, 0.15) is 16.2 Å². The van der Waals surface area contributed by atoms with Gasteiger partial charge in [-0.3, -0.25) is 0 Å². The first-order valence-electron chi connectivity index (χ1n) is 9.24. The van der Waals surface area contributed by atoms with Gasteiger partial charge < -0.3 is 15.2 Å².